The summed E-state index contributed by atoms with van der Waals surface area (Å²) in [5.74, 6) is 0.687. The molecule has 1 aliphatic rings. The minimum Gasteiger partial charge on any atom is -0.497 e. The Morgan fingerprint density at radius 2 is 1.94 bits per heavy atom. The Labute approximate surface area is 193 Å². The number of pyridine rings is 1. The Morgan fingerprint density at radius 3 is 2.64 bits per heavy atom. The summed E-state index contributed by atoms with van der Waals surface area (Å²) in [5, 5.41) is 3.60. The molecule has 1 N–H and O–H groups in total. The first-order valence-electron chi connectivity index (χ1n) is 11.6. The van der Waals surface area contributed by atoms with Crippen molar-refractivity contribution in [3.8, 4) is 5.75 Å². The van der Waals surface area contributed by atoms with Crippen LogP contribution in [0.5, 0.6) is 5.75 Å². The number of nitrogens with one attached hydrogen (secondary N) is 1. The molecule has 0 bridgehead atoms. The summed E-state index contributed by atoms with van der Waals surface area (Å²) in [7, 11) is 1.65. The predicted molar refractivity (Wildman–Crippen MR) is 127 cm³/mol. The highest BCUT2D eigenvalue weighted by Gasteiger charge is 2.23. The summed E-state index contributed by atoms with van der Waals surface area (Å²) < 4.78 is 12.3. The molecule has 0 radical (unpaired) electrons. The number of fused-ring (bicyclic) bond motifs is 1. The number of rotatable bonds is 8. The zero-order valence-electron chi connectivity index (χ0n) is 19.2. The number of carbonyl (C=O) groups is 1. The first kappa shape index (κ1) is 22.8. The molecule has 2 heterocycles. The molecule has 8 heteroatoms. The summed E-state index contributed by atoms with van der Waals surface area (Å²) >= 11 is 0. The molecule has 2 aromatic heterocycles. The van der Waals surface area contributed by atoms with E-state index in [1.165, 1.54) is 18.2 Å². The average molecular weight is 451 g/mol. The van der Waals surface area contributed by atoms with Gasteiger partial charge in [0.05, 0.1) is 19.1 Å². The molecule has 0 atom stereocenters. The van der Waals surface area contributed by atoms with Crippen LogP contribution < -0.4 is 15.5 Å². The van der Waals surface area contributed by atoms with Crippen LogP contribution >= 0.6 is 0 Å². The van der Waals surface area contributed by atoms with Crippen LogP contribution in [-0.2, 0) is 11.2 Å². The Hall–Kier alpha value is -3.42. The fourth-order valence-electron chi connectivity index (χ4n) is 4.32. The molecule has 1 aromatic carbocycles. The van der Waals surface area contributed by atoms with Crippen molar-refractivity contribution in [2.75, 3.05) is 25.6 Å². The normalized spacial score (nSPS) is 14.2. The van der Waals surface area contributed by atoms with Crippen molar-refractivity contribution in [3.63, 3.8) is 0 Å². The molecule has 1 saturated carbocycles. The van der Waals surface area contributed by atoms with E-state index in [0.29, 0.717) is 23.5 Å². The van der Waals surface area contributed by atoms with Crippen LogP contribution in [0.15, 0.2) is 41.5 Å². The van der Waals surface area contributed by atoms with Crippen molar-refractivity contribution in [2.45, 2.75) is 51.5 Å². The van der Waals surface area contributed by atoms with Crippen LogP contribution in [0.25, 0.3) is 11.0 Å². The number of aromatic nitrogens is 3. The second kappa shape index (κ2) is 10.5. The summed E-state index contributed by atoms with van der Waals surface area (Å²) in [6.45, 7) is 2.59. The number of nitrogens with zero attached hydrogens (tertiary/aromatic N) is 3. The molecule has 0 spiro atoms. The van der Waals surface area contributed by atoms with Gasteiger partial charge in [0.15, 0.2) is 0 Å². The molecule has 0 amide bonds. The first-order chi connectivity index (χ1) is 16.1. The SMILES string of the molecule is CCOC(=O)c1cn(C2CCCCC2)c2nc(NCCc3ccc(OC)cc3)ncc2c1=O. The van der Waals surface area contributed by atoms with Gasteiger partial charge in [0, 0.05) is 25.0 Å². The van der Waals surface area contributed by atoms with Gasteiger partial charge in [-0.15, -0.1) is 0 Å². The van der Waals surface area contributed by atoms with E-state index >= 15 is 0 Å². The van der Waals surface area contributed by atoms with Crippen molar-refractivity contribution >= 4 is 23.0 Å². The topological polar surface area (TPSA) is 95.3 Å². The number of hydrogen-bond donors (Lipinski definition) is 1. The minimum atomic E-state index is -0.601. The molecule has 0 saturated heterocycles. The molecule has 1 fully saturated rings. The molecule has 1 aliphatic carbocycles. The summed E-state index contributed by atoms with van der Waals surface area (Å²) in [4.78, 5) is 34.5. The van der Waals surface area contributed by atoms with E-state index in [2.05, 4.69) is 15.3 Å². The Balaban J connectivity index is 1.62. The number of ether oxygens (including phenoxy) is 2. The highest BCUT2D eigenvalue weighted by Crippen LogP contribution is 2.30. The van der Waals surface area contributed by atoms with Gasteiger partial charge in [-0.2, -0.15) is 4.98 Å². The molecule has 174 valence electrons. The van der Waals surface area contributed by atoms with E-state index in [0.717, 1.165) is 37.9 Å². The molecule has 4 rings (SSSR count). The van der Waals surface area contributed by atoms with Gasteiger partial charge >= 0.3 is 5.97 Å². The monoisotopic (exact) mass is 450 g/mol. The van der Waals surface area contributed by atoms with Crippen molar-refractivity contribution in [1.29, 1.82) is 0 Å². The van der Waals surface area contributed by atoms with Gasteiger partial charge in [0.2, 0.25) is 11.4 Å². The van der Waals surface area contributed by atoms with E-state index in [4.69, 9.17) is 9.47 Å². The van der Waals surface area contributed by atoms with Crippen LogP contribution in [0, 0.1) is 0 Å². The molecular weight excluding hydrogens is 420 g/mol. The summed E-state index contributed by atoms with van der Waals surface area (Å²) in [6, 6.07) is 8.12. The maximum absolute atomic E-state index is 13.0. The van der Waals surface area contributed by atoms with Crippen molar-refractivity contribution < 1.29 is 14.3 Å². The van der Waals surface area contributed by atoms with Crippen molar-refractivity contribution in [2.24, 2.45) is 0 Å². The van der Waals surface area contributed by atoms with E-state index in [1.807, 2.05) is 28.8 Å². The zero-order valence-corrected chi connectivity index (χ0v) is 19.2. The van der Waals surface area contributed by atoms with E-state index in [-0.39, 0.29) is 23.6 Å². The number of anilines is 1. The van der Waals surface area contributed by atoms with E-state index in [9.17, 15) is 9.59 Å². The maximum Gasteiger partial charge on any atom is 0.343 e. The number of benzene rings is 1. The third-order valence-corrected chi connectivity index (χ3v) is 6.09. The van der Waals surface area contributed by atoms with Gasteiger partial charge in [0.25, 0.3) is 0 Å². The predicted octanol–water partition coefficient (Wildman–Crippen LogP) is 4.14. The fourth-order valence-corrected chi connectivity index (χ4v) is 4.32. The van der Waals surface area contributed by atoms with Gasteiger partial charge in [-0.1, -0.05) is 31.4 Å². The van der Waals surface area contributed by atoms with Gasteiger partial charge in [0.1, 0.15) is 17.0 Å². The lowest BCUT2D eigenvalue weighted by molar-refractivity contribution is 0.0524. The number of carbonyl (C=O) groups excluding carboxylic acids is 1. The van der Waals surface area contributed by atoms with Gasteiger partial charge < -0.3 is 19.4 Å². The zero-order chi connectivity index (χ0) is 23.2. The van der Waals surface area contributed by atoms with Gasteiger partial charge in [-0.3, -0.25) is 4.79 Å². The standard InChI is InChI=1S/C25H30N4O4/c1-3-33-24(31)21-16-29(18-7-5-4-6-8-18)23-20(22(21)30)15-27-25(28-23)26-14-13-17-9-11-19(32-2)12-10-17/h9-12,15-16,18H,3-8,13-14H2,1-2H3,(H,26,27,28). The van der Waals surface area contributed by atoms with Crippen molar-refractivity contribution in [1.82, 2.24) is 14.5 Å². The second-order valence-electron chi connectivity index (χ2n) is 8.25. The van der Waals surface area contributed by atoms with Crippen LogP contribution in [0.1, 0.15) is 61.0 Å². The first-order valence-corrected chi connectivity index (χ1v) is 11.6. The largest absolute Gasteiger partial charge is 0.497 e. The molecule has 0 unspecified atom stereocenters. The smallest absolute Gasteiger partial charge is 0.343 e. The van der Waals surface area contributed by atoms with Crippen LogP contribution in [0.3, 0.4) is 0 Å². The average Bonchev–Trinajstić information content (AvgIpc) is 2.85. The van der Waals surface area contributed by atoms with Crippen molar-refractivity contribution in [3.05, 3.63) is 58.0 Å². The van der Waals surface area contributed by atoms with Crippen LogP contribution in [0.4, 0.5) is 5.95 Å². The lowest BCUT2D eigenvalue weighted by atomic mass is 9.95. The highest BCUT2D eigenvalue weighted by molar-refractivity contribution is 5.93. The molecular formula is C25H30N4O4. The molecule has 8 nitrogen and oxygen atoms in total. The van der Waals surface area contributed by atoms with Crippen LogP contribution in [0.2, 0.25) is 0 Å². The van der Waals surface area contributed by atoms with Gasteiger partial charge in [-0.25, -0.2) is 9.78 Å². The number of methoxy groups -OCH3 is 1. The molecule has 33 heavy (non-hydrogen) atoms. The highest BCUT2D eigenvalue weighted by atomic mass is 16.5. The molecule has 0 aliphatic heterocycles. The Bertz CT molecular complexity index is 1170. The fraction of sp³-hybridized carbons (Fsp3) is 0.440. The lowest BCUT2D eigenvalue weighted by Crippen LogP contribution is -2.24. The molecule has 3 aromatic rings. The van der Waals surface area contributed by atoms with Gasteiger partial charge in [-0.05, 0) is 43.9 Å². The lowest BCUT2D eigenvalue weighted by Gasteiger charge is -2.26. The van der Waals surface area contributed by atoms with E-state index in [1.54, 1.807) is 20.2 Å². The third kappa shape index (κ3) is 5.16. The summed E-state index contributed by atoms with van der Waals surface area (Å²) in [5.41, 5.74) is 1.38. The summed E-state index contributed by atoms with van der Waals surface area (Å²) in [6.07, 6.45) is 9.36. The minimum absolute atomic E-state index is 0.0405. The number of hydrogen-bond acceptors (Lipinski definition) is 7. The Morgan fingerprint density at radius 1 is 1.18 bits per heavy atom. The Kier molecular flexibility index (Phi) is 7.22. The van der Waals surface area contributed by atoms with Crippen LogP contribution in [-0.4, -0.2) is 40.8 Å². The number of esters is 1. The maximum atomic E-state index is 13.0. The van der Waals surface area contributed by atoms with E-state index < -0.39 is 5.97 Å². The quantitative estimate of drug-likeness (QED) is 0.516. The second-order valence-corrected chi connectivity index (χ2v) is 8.25. The third-order valence-electron chi connectivity index (χ3n) is 6.09.